The summed E-state index contributed by atoms with van der Waals surface area (Å²) in [6.45, 7) is 2.78. The third-order valence-electron chi connectivity index (χ3n) is 5.46. The van der Waals surface area contributed by atoms with Gasteiger partial charge in [0.15, 0.2) is 0 Å². The van der Waals surface area contributed by atoms with E-state index in [1.807, 2.05) is 6.07 Å². The Morgan fingerprint density at radius 2 is 2.23 bits per heavy atom. The summed E-state index contributed by atoms with van der Waals surface area (Å²) in [5.74, 6) is 0.196. The van der Waals surface area contributed by atoms with Crippen molar-refractivity contribution in [1.29, 1.82) is 0 Å². The third kappa shape index (κ3) is 3.10. The lowest BCUT2D eigenvalue weighted by molar-refractivity contribution is 0.0973. The number of fused-ring (bicyclic) bond motifs is 3. The van der Waals surface area contributed by atoms with E-state index in [-0.39, 0.29) is 30.0 Å². The molecule has 2 unspecified atom stereocenters. The Balaban J connectivity index is 1.74. The van der Waals surface area contributed by atoms with Gasteiger partial charge in [-0.2, -0.15) is 4.98 Å². The molecular formula is C20H20ClN5O4. The number of benzene rings is 1. The Labute approximate surface area is 175 Å². The predicted molar refractivity (Wildman–Crippen MR) is 110 cm³/mol. The van der Waals surface area contributed by atoms with Crippen LogP contribution in [0.3, 0.4) is 0 Å². The van der Waals surface area contributed by atoms with Crippen LogP contribution in [0.15, 0.2) is 33.8 Å². The van der Waals surface area contributed by atoms with Crippen molar-refractivity contribution >= 4 is 28.2 Å². The molecule has 156 valence electrons. The van der Waals surface area contributed by atoms with E-state index < -0.39 is 0 Å². The number of aromatic nitrogens is 5. The Morgan fingerprint density at radius 3 is 3.00 bits per heavy atom. The fourth-order valence-electron chi connectivity index (χ4n) is 3.84. The molecule has 10 heteroatoms. The van der Waals surface area contributed by atoms with Gasteiger partial charge in [0.05, 0.1) is 36.2 Å². The minimum absolute atomic E-state index is 0.0270. The van der Waals surface area contributed by atoms with Gasteiger partial charge in [-0.25, -0.2) is 4.98 Å². The molecule has 1 aliphatic rings. The maximum atomic E-state index is 13.6. The summed E-state index contributed by atoms with van der Waals surface area (Å²) in [5, 5.41) is 13.9. The lowest BCUT2D eigenvalue weighted by Gasteiger charge is -2.16. The van der Waals surface area contributed by atoms with Crippen LogP contribution in [-0.2, 0) is 11.3 Å². The second-order valence-corrected chi connectivity index (χ2v) is 7.97. The van der Waals surface area contributed by atoms with Gasteiger partial charge in [0.25, 0.3) is 5.56 Å². The van der Waals surface area contributed by atoms with Crippen LogP contribution >= 0.6 is 11.6 Å². The molecule has 0 spiro atoms. The average molecular weight is 430 g/mol. The van der Waals surface area contributed by atoms with E-state index in [9.17, 15) is 9.90 Å². The smallest absolute Gasteiger partial charge is 0.277 e. The molecule has 0 radical (unpaired) electrons. The van der Waals surface area contributed by atoms with Gasteiger partial charge < -0.3 is 18.9 Å². The molecule has 1 saturated heterocycles. The summed E-state index contributed by atoms with van der Waals surface area (Å²) >= 11 is 6.23. The largest absolute Gasteiger partial charge is 0.396 e. The molecule has 5 rings (SSSR count). The molecule has 1 N–H and O–H groups in total. The first-order valence-corrected chi connectivity index (χ1v) is 10.2. The van der Waals surface area contributed by atoms with E-state index >= 15 is 0 Å². The predicted octanol–water partition coefficient (Wildman–Crippen LogP) is 2.63. The first-order chi connectivity index (χ1) is 14.6. The highest BCUT2D eigenvalue weighted by Gasteiger charge is 2.24. The van der Waals surface area contributed by atoms with Crippen LogP contribution < -0.4 is 5.56 Å². The average Bonchev–Trinajstić information content (AvgIpc) is 3.50. The lowest BCUT2D eigenvalue weighted by atomic mass is 10.2. The van der Waals surface area contributed by atoms with Crippen LogP contribution in [0.2, 0.25) is 5.02 Å². The summed E-state index contributed by atoms with van der Waals surface area (Å²) in [6, 6.07) is 5.41. The summed E-state index contributed by atoms with van der Waals surface area (Å²) < 4.78 is 14.4. The quantitative estimate of drug-likeness (QED) is 0.519. The molecule has 0 saturated carbocycles. The van der Waals surface area contributed by atoms with Crippen molar-refractivity contribution in [3.8, 4) is 11.5 Å². The molecule has 3 aromatic heterocycles. The fraction of sp³-hybridized carbons (Fsp3) is 0.400. The Kier molecular flexibility index (Phi) is 4.80. The topological polar surface area (TPSA) is 108 Å². The van der Waals surface area contributed by atoms with Gasteiger partial charge in [-0.1, -0.05) is 23.7 Å². The molecule has 1 aromatic carbocycles. The van der Waals surface area contributed by atoms with Crippen LogP contribution in [0.4, 0.5) is 0 Å². The minimum Gasteiger partial charge on any atom is -0.396 e. The number of nitrogens with zero attached hydrogens (tertiary/aromatic N) is 5. The molecule has 0 aliphatic carbocycles. The van der Waals surface area contributed by atoms with Crippen LogP contribution in [0, 0.1) is 0 Å². The van der Waals surface area contributed by atoms with Gasteiger partial charge in [-0.05, 0) is 31.0 Å². The maximum absolute atomic E-state index is 13.6. The van der Waals surface area contributed by atoms with Crippen LogP contribution in [-0.4, -0.2) is 48.5 Å². The minimum atomic E-state index is -0.306. The molecule has 9 nitrogen and oxygen atoms in total. The molecule has 4 heterocycles. The molecule has 0 amide bonds. The van der Waals surface area contributed by atoms with Crippen molar-refractivity contribution in [2.24, 2.45) is 0 Å². The third-order valence-corrected chi connectivity index (χ3v) is 5.70. The zero-order chi connectivity index (χ0) is 20.8. The Morgan fingerprint density at radius 1 is 1.37 bits per heavy atom. The highest BCUT2D eigenvalue weighted by Crippen LogP contribution is 2.26. The zero-order valence-electron chi connectivity index (χ0n) is 16.3. The number of halogens is 1. The number of hydrogen-bond acceptors (Lipinski definition) is 7. The number of aliphatic hydroxyl groups excluding tert-OH is 1. The van der Waals surface area contributed by atoms with Gasteiger partial charge in [0.1, 0.15) is 17.5 Å². The number of ether oxygens (including phenoxy) is 1. The summed E-state index contributed by atoms with van der Waals surface area (Å²) in [6.07, 6.45) is 3.43. The number of aliphatic hydroxyl groups is 1. The Hall–Kier alpha value is -2.75. The number of imidazole rings is 1. The van der Waals surface area contributed by atoms with Crippen LogP contribution in [0.25, 0.3) is 28.1 Å². The van der Waals surface area contributed by atoms with Crippen LogP contribution in [0.1, 0.15) is 31.6 Å². The molecule has 1 fully saturated rings. The first kappa shape index (κ1) is 19.2. The SMILES string of the molecule is CC(CO)c1nc(-c2ncn3c2c(=O)n(CC2CCCO2)c2cc(Cl)ccc23)no1. The van der Waals surface area contributed by atoms with Gasteiger partial charge in [-0.15, -0.1) is 0 Å². The van der Waals surface area contributed by atoms with Crippen molar-refractivity contribution in [3.63, 3.8) is 0 Å². The van der Waals surface area contributed by atoms with Gasteiger partial charge >= 0.3 is 0 Å². The van der Waals surface area contributed by atoms with Crippen molar-refractivity contribution < 1.29 is 14.4 Å². The van der Waals surface area contributed by atoms with Crippen LogP contribution in [0.5, 0.6) is 0 Å². The van der Waals surface area contributed by atoms with Crippen molar-refractivity contribution in [1.82, 2.24) is 24.1 Å². The Bertz CT molecular complexity index is 1290. The van der Waals surface area contributed by atoms with Gasteiger partial charge in [0.2, 0.25) is 11.7 Å². The maximum Gasteiger partial charge on any atom is 0.277 e. The van der Waals surface area contributed by atoms with E-state index in [0.29, 0.717) is 40.8 Å². The summed E-state index contributed by atoms with van der Waals surface area (Å²) in [7, 11) is 0. The van der Waals surface area contributed by atoms with E-state index in [1.54, 1.807) is 34.4 Å². The number of rotatable bonds is 5. The van der Waals surface area contributed by atoms with Gasteiger partial charge in [-0.3, -0.25) is 9.20 Å². The van der Waals surface area contributed by atoms with E-state index in [1.165, 1.54) is 0 Å². The highest BCUT2D eigenvalue weighted by atomic mass is 35.5. The summed E-state index contributed by atoms with van der Waals surface area (Å²) in [4.78, 5) is 22.3. The highest BCUT2D eigenvalue weighted by molar-refractivity contribution is 6.31. The van der Waals surface area contributed by atoms with E-state index in [2.05, 4.69) is 15.1 Å². The van der Waals surface area contributed by atoms with E-state index in [0.717, 1.165) is 18.4 Å². The molecular weight excluding hydrogens is 410 g/mol. The van der Waals surface area contributed by atoms with Crippen molar-refractivity contribution in [2.45, 2.75) is 38.3 Å². The molecule has 1 aliphatic heterocycles. The second-order valence-electron chi connectivity index (χ2n) is 7.54. The van der Waals surface area contributed by atoms with E-state index in [4.69, 9.17) is 20.9 Å². The second kappa shape index (κ2) is 7.50. The first-order valence-electron chi connectivity index (χ1n) is 9.82. The fourth-order valence-corrected chi connectivity index (χ4v) is 4.00. The lowest BCUT2D eigenvalue weighted by Crippen LogP contribution is -2.28. The van der Waals surface area contributed by atoms with Crippen molar-refractivity contribution in [2.75, 3.05) is 13.2 Å². The zero-order valence-corrected chi connectivity index (χ0v) is 17.0. The normalized spacial score (nSPS) is 17.9. The standard InChI is InChI=1S/C20H20ClN5O4/c1-11(9-27)19-23-18(24-30-19)16-17-20(28)25(8-13-3-2-6-29-13)15-7-12(21)4-5-14(15)26(17)10-22-16/h4-5,7,10-11,13,27H,2-3,6,8-9H2,1H3. The molecule has 2 atom stereocenters. The summed E-state index contributed by atoms with van der Waals surface area (Å²) in [5.41, 5.74) is 1.96. The molecule has 0 bridgehead atoms. The monoisotopic (exact) mass is 429 g/mol. The number of hydrogen-bond donors (Lipinski definition) is 1. The van der Waals surface area contributed by atoms with Crippen molar-refractivity contribution in [3.05, 3.63) is 45.8 Å². The molecule has 30 heavy (non-hydrogen) atoms. The van der Waals surface area contributed by atoms with Gasteiger partial charge in [0, 0.05) is 11.6 Å². The molecule has 4 aromatic rings.